The van der Waals surface area contributed by atoms with E-state index in [1.807, 2.05) is 49.1 Å². The standard InChI is InChI=1S/C22H26N4O2/c1-3-28-21-7-5-4-6-20(21)25-12-14-26(15-13-25)22(27)24-17(2)19-10-8-18(16-23)9-11-19/h4-11,17H,3,12-15H2,1-2H3,(H,24,27). The Kier molecular flexibility index (Phi) is 6.38. The van der Waals surface area contributed by atoms with Crippen LogP contribution in [0.2, 0.25) is 0 Å². The van der Waals surface area contributed by atoms with Gasteiger partial charge in [-0.3, -0.25) is 0 Å². The summed E-state index contributed by atoms with van der Waals surface area (Å²) in [5.41, 5.74) is 2.68. The third-order valence-corrected chi connectivity index (χ3v) is 4.95. The van der Waals surface area contributed by atoms with Crippen molar-refractivity contribution in [1.82, 2.24) is 10.2 Å². The maximum atomic E-state index is 12.6. The Hall–Kier alpha value is -3.20. The van der Waals surface area contributed by atoms with E-state index in [1.54, 1.807) is 12.1 Å². The average molecular weight is 378 g/mol. The number of nitriles is 1. The van der Waals surface area contributed by atoms with Crippen LogP contribution in [0, 0.1) is 11.3 Å². The van der Waals surface area contributed by atoms with Crippen LogP contribution in [0.25, 0.3) is 0 Å². The highest BCUT2D eigenvalue weighted by Crippen LogP contribution is 2.28. The van der Waals surface area contributed by atoms with Crippen molar-refractivity contribution in [2.45, 2.75) is 19.9 Å². The van der Waals surface area contributed by atoms with Crippen molar-refractivity contribution in [2.24, 2.45) is 0 Å². The molecule has 6 heteroatoms. The Morgan fingerprint density at radius 1 is 1.14 bits per heavy atom. The number of piperazine rings is 1. The van der Waals surface area contributed by atoms with Gasteiger partial charge in [-0.05, 0) is 43.7 Å². The number of benzene rings is 2. The van der Waals surface area contributed by atoms with Crippen molar-refractivity contribution in [2.75, 3.05) is 37.7 Å². The number of amides is 2. The van der Waals surface area contributed by atoms with Crippen molar-refractivity contribution in [3.8, 4) is 11.8 Å². The molecule has 1 aliphatic rings. The largest absolute Gasteiger partial charge is 0.492 e. The third-order valence-electron chi connectivity index (χ3n) is 4.95. The quantitative estimate of drug-likeness (QED) is 0.864. The summed E-state index contributed by atoms with van der Waals surface area (Å²) in [5, 5.41) is 11.9. The summed E-state index contributed by atoms with van der Waals surface area (Å²) in [6, 6.07) is 17.3. The lowest BCUT2D eigenvalue weighted by atomic mass is 10.1. The minimum absolute atomic E-state index is 0.0606. The Morgan fingerprint density at radius 3 is 2.46 bits per heavy atom. The molecule has 1 unspecified atom stereocenters. The molecule has 0 aliphatic carbocycles. The summed E-state index contributed by atoms with van der Waals surface area (Å²) < 4.78 is 5.73. The van der Waals surface area contributed by atoms with Crippen molar-refractivity contribution in [1.29, 1.82) is 5.26 Å². The molecule has 28 heavy (non-hydrogen) atoms. The molecule has 1 saturated heterocycles. The molecule has 2 aromatic rings. The second-order valence-electron chi connectivity index (χ2n) is 6.78. The number of rotatable bonds is 5. The molecule has 1 fully saturated rings. The van der Waals surface area contributed by atoms with Gasteiger partial charge in [0.15, 0.2) is 0 Å². The predicted octanol–water partition coefficient (Wildman–Crippen LogP) is 3.55. The summed E-state index contributed by atoms with van der Waals surface area (Å²) in [4.78, 5) is 16.7. The van der Waals surface area contributed by atoms with E-state index < -0.39 is 0 Å². The summed E-state index contributed by atoms with van der Waals surface area (Å²) in [7, 11) is 0. The maximum absolute atomic E-state index is 12.6. The molecule has 146 valence electrons. The van der Waals surface area contributed by atoms with Gasteiger partial charge in [0.2, 0.25) is 0 Å². The number of ether oxygens (including phenoxy) is 1. The number of urea groups is 1. The molecule has 0 spiro atoms. The maximum Gasteiger partial charge on any atom is 0.317 e. The molecule has 0 bridgehead atoms. The number of para-hydroxylation sites is 2. The Labute approximate surface area is 166 Å². The van der Waals surface area contributed by atoms with Crippen LogP contribution in [0.3, 0.4) is 0 Å². The number of anilines is 1. The molecular weight excluding hydrogens is 352 g/mol. The zero-order chi connectivity index (χ0) is 19.9. The average Bonchev–Trinajstić information content (AvgIpc) is 2.74. The van der Waals surface area contributed by atoms with E-state index in [2.05, 4.69) is 22.4 Å². The van der Waals surface area contributed by atoms with Crippen molar-refractivity contribution in [3.63, 3.8) is 0 Å². The van der Waals surface area contributed by atoms with Gasteiger partial charge in [-0.1, -0.05) is 24.3 Å². The smallest absolute Gasteiger partial charge is 0.317 e. The number of hydrogen-bond acceptors (Lipinski definition) is 4. The fourth-order valence-electron chi connectivity index (χ4n) is 3.35. The second-order valence-corrected chi connectivity index (χ2v) is 6.78. The predicted molar refractivity (Wildman–Crippen MR) is 110 cm³/mol. The van der Waals surface area contributed by atoms with Gasteiger partial charge in [0.25, 0.3) is 0 Å². The molecule has 1 heterocycles. The second kappa shape index (κ2) is 9.14. The highest BCUT2D eigenvalue weighted by atomic mass is 16.5. The molecule has 1 atom stereocenters. The van der Waals surface area contributed by atoms with Gasteiger partial charge in [0, 0.05) is 26.2 Å². The van der Waals surface area contributed by atoms with E-state index >= 15 is 0 Å². The first-order valence-corrected chi connectivity index (χ1v) is 9.64. The van der Waals surface area contributed by atoms with Gasteiger partial charge < -0.3 is 19.9 Å². The van der Waals surface area contributed by atoms with Gasteiger partial charge in [-0.15, -0.1) is 0 Å². The van der Waals surface area contributed by atoms with Crippen LogP contribution in [-0.2, 0) is 0 Å². The first kappa shape index (κ1) is 19.6. The third kappa shape index (κ3) is 4.55. The highest BCUT2D eigenvalue weighted by molar-refractivity contribution is 5.75. The first-order chi connectivity index (χ1) is 13.6. The fraction of sp³-hybridized carbons (Fsp3) is 0.364. The minimum atomic E-state index is -0.114. The molecule has 0 aromatic heterocycles. The molecule has 2 aromatic carbocycles. The van der Waals surface area contributed by atoms with Crippen LogP contribution in [0.5, 0.6) is 5.75 Å². The normalized spacial score (nSPS) is 14.9. The van der Waals surface area contributed by atoms with Gasteiger partial charge in [0.1, 0.15) is 5.75 Å². The zero-order valence-corrected chi connectivity index (χ0v) is 16.4. The lowest BCUT2D eigenvalue weighted by Crippen LogP contribution is -2.52. The van der Waals surface area contributed by atoms with Crippen molar-refractivity contribution < 1.29 is 9.53 Å². The van der Waals surface area contributed by atoms with Gasteiger partial charge in [-0.2, -0.15) is 5.26 Å². The van der Waals surface area contributed by atoms with E-state index in [1.165, 1.54) is 0 Å². The SMILES string of the molecule is CCOc1ccccc1N1CCN(C(=O)NC(C)c2ccc(C#N)cc2)CC1. The van der Waals surface area contributed by atoms with Crippen molar-refractivity contribution in [3.05, 3.63) is 59.7 Å². The molecule has 0 radical (unpaired) electrons. The van der Waals surface area contributed by atoms with Crippen molar-refractivity contribution >= 4 is 11.7 Å². The van der Waals surface area contributed by atoms with E-state index in [-0.39, 0.29) is 12.1 Å². The Balaban J connectivity index is 1.55. The topological polar surface area (TPSA) is 68.6 Å². The van der Waals surface area contributed by atoms with Gasteiger partial charge >= 0.3 is 6.03 Å². The van der Waals surface area contributed by atoms with Crippen LogP contribution < -0.4 is 15.0 Å². The zero-order valence-electron chi connectivity index (χ0n) is 16.4. The van der Waals surface area contributed by atoms with Gasteiger partial charge in [-0.25, -0.2) is 4.79 Å². The van der Waals surface area contributed by atoms with E-state index in [0.29, 0.717) is 25.3 Å². The number of hydrogen-bond donors (Lipinski definition) is 1. The Morgan fingerprint density at radius 2 is 1.82 bits per heavy atom. The van der Waals surface area contributed by atoms with Crippen LogP contribution in [0.1, 0.15) is 31.0 Å². The monoisotopic (exact) mass is 378 g/mol. The van der Waals surface area contributed by atoms with Gasteiger partial charge in [0.05, 0.1) is 30.0 Å². The molecule has 6 nitrogen and oxygen atoms in total. The fourth-order valence-corrected chi connectivity index (χ4v) is 3.35. The van der Waals surface area contributed by atoms with Crippen LogP contribution in [0.4, 0.5) is 10.5 Å². The number of nitrogens with one attached hydrogen (secondary N) is 1. The van der Waals surface area contributed by atoms with E-state index in [9.17, 15) is 4.79 Å². The molecular formula is C22H26N4O2. The summed E-state index contributed by atoms with van der Waals surface area (Å²) >= 11 is 0. The summed E-state index contributed by atoms with van der Waals surface area (Å²) in [6.07, 6.45) is 0. The number of carbonyl (C=O) groups excluding carboxylic acids is 1. The van der Waals surface area contributed by atoms with Crippen LogP contribution in [-0.4, -0.2) is 43.7 Å². The highest BCUT2D eigenvalue weighted by Gasteiger charge is 2.24. The first-order valence-electron chi connectivity index (χ1n) is 9.64. The lowest BCUT2D eigenvalue weighted by molar-refractivity contribution is 0.191. The van der Waals surface area contributed by atoms with Crippen LogP contribution >= 0.6 is 0 Å². The molecule has 0 saturated carbocycles. The summed E-state index contributed by atoms with van der Waals surface area (Å²) in [6.45, 7) is 7.42. The van der Waals surface area contributed by atoms with E-state index in [0.717, 1.165) is 30.1 Å². The molecule has 1 aliphatic heterocycles. The minimum Gasteiger partial charge on any atom is -0.492 e. The Bertz CT molecular complexity index is 836. The lowest BCUT2D eigenvalue weighted by Gasteiger charge is -2.37. The summed E-state index contributed by atoms with van der Waals surface area (Å²) in [5.74, 6) is 0.886. The number of carbonyl (C=O) groups is 1. The van der Waals surface area contributed by atoms with E-state index in [4.69, 9.17) is 10.00 Å². The number of nitrogens with zero attached hydrogens (tertiary/aromatic N) is 3. The molecule has 1 N–H and O–H groups in total. The van der Waals surface area contributed by atoms with Crippen LogP contribution in [0.15, 0.2) is 48.5 Å². The molecule has 2 amide bonds. The molecule has 3 rings (SSSR count).